The minimum atomic E-state index is -0.701. The lowest BCUT2D eigenvalue weighted by Crippen LogP contribution is -2.60. The van der Waals surface area contributed by atoms with Crippen LogP contribution in [0, 0.1) is 46.3 Å². The monoisotopic (exact) mass is 538 g/mol. The van der Waals surface area contributed by atoms with E-state index in [2.05, 4.69) is 45.0 Å². The molecule has 2 N–H and O–H groups in total. The van der Waals surface area contributed by atoms with Crippen molar-refractivity contribution in [1.29, 1.82) is 0 Å². The molecule has 5 heteroatoms. The van der Waals surface area contributed by atoms with Gasteiger partial charge < -0.3 is 14.9 Å². The Hall–Kier alpha value is -1.88. The van der Waals surface area contributed by atoms with Gasteiger partial charge in [0.15, 0.2) is 0 Å². The first-order chi connectivity index (χ1) is 18.4. The van der Waals surface area contributed by atoms with Crippen molar-refractivity contribution in [2.24, 2.45) is 46.3 Å². The molecule has 5 rings (SSSR count). The van der Waals surface area contributed by atoms with Gasteiger partial charge in [0.1, 0.15) is 6.10 Å². The number of ether oxygens (including phenoxy) is 1. The molecule has 4 aliphatic rings. The maximum Gasteiger partial charge on any atom is 0.303 e. The van der Waals surface area contributed by atoms with E-state index in [1.54, 1.807) is 6.92 Å². The molecule has 0 bridgehead atoms. The highest BCUT2D eigenvalue weighted by Crippen LogP contribution is 2.69. The molecule has 4 fully saturated rings. The van der Waals surface area contributed by atoms with Crippen LogP contribution in [0.4, 0.5) is 0 Å². The molecular formula is C34H50O5. The number of aliphatic hydroxyl groups is 1. The number of rotatable bonds is 8. The van der Waals surface area contributed by atoms with E-state index in [1.807, 2.05) is 6.07 Å². The van der Waals surface area contributed by atoms with Crippen molar-refractivity contribution in [3.05, 3.63) is 35.9 Å². The van der Waals surface area contributed by atoms with Crippen molar-refractivity contribution < 1.29 is 24.5 Å². The molecule has 0 heterocycles. The Kier molecular flexibility index (Phi) is 7.96. The van der Waals surface area contributed by atoms with E-state index in [9.17, 15) is 19.8 Å². The van der Waals surface area contributed by atoms with Gasteiger partial charge in [0.2, 0.25) is 0 Å². The molecule has 0 spiro atoms. The van der Waals surface area contributed by atoms with Crippen molar-refractivity contribution in [2.75, 3.05) is 0 Å². The van der Waals surface area contributed by atoms with Gasteiger partial charge in [-0.15, -0.1) is 0 Å². The normalized spacial score (nSPS) is 42.1. The predicted molar refractivity (Wildman–Crippen MR) is 152 cm³/mol. The molecule has 39 heavy (non-hydrogen) atoms. The maximum atomic E-state index is 12.4. The summed E-state index contributed by atoms with van der Waals surface area (Å²) in [5.74, 6) is 1.76. The third-order valence-electron chi connectivity index (χ3n) is 12.4. The number of hydrogen-bond acceptors (Lipinski definition) is 4. The van der Waals surface area contributed by atoms with E-state index >= 15 is 0 Å². The molecule has 0 radical (unpaired) electrons. The second kappa shape index (κ2) is 10.8. The zero-order valence-corrected chi connectivity index (χ0v) is 24.5. The van der Waals surface area contributed by atoms with Gasteiger partial charge in [0.05, 0.1) is 5.60 Å². The largest absolute Gasteiger partial charge is 0.481 e. The van der Waals surface area contributed by atoms with Crippen LogP contribution < -0.4 is 0 Å². The van der Waals surface area contributed by atoms with Gasteiger partial charge in [-0.1, -0.05) is 51.1 Å². The predicted octanol–water partition coefficient (Wildman–Crippen LogP) is 7.05. The molecule has 0 saturated heterocycles. The van der Waals surface area contributed by atoms with Gasteiger partial charge in [-0.3, -0.25) is 9.59 Å². The van der Waals surface area contributed by atoms with Gasteiger partial charge in [-0.2, -0.15) is 0 Å². The smallest absolute Gasteiger partial charge is 0.303 e. The standard InChI is InChI=1S/C34H50O5/c1-22(10-13-30(36)37)26-11-12-27-31-28(15-16-33(26,27)4)32(3)18-19-34(38,17-14-24-8-6-5-7-9-24)21-25(32)20-29(31)39-23(2)35/h5-9,22,25-29,31,38H,10-21H2,1-4H3,(H,36,37)/t22-,25-,26-,27+,28+,29-,31+,32+,33-,34-/m1/s1. The average molecular weight is 539 g/mol. The number of carbonyl (C=O) groups is 2. The first kappa shape index (κ1) is 28.6. The van der Waals surface area contributed by atoms with Crippen molar-refractivity contribution in [1.82, 2.24) is 0 Å². The molecule has 0 aliphatic heterocycles. The fourth-order valence-electron chi connectivity index (χ4n) is 10.4. The number of carboxylic acid groups (broad SMARTS) is 1. The number of aryl methyl sites for hydroxylation is 1. The number of aliphatic carboxylic acids is 1. The Morgan fingerprint density at radius 2 is 1.74 bits per heavy atom. The topological polar surface area (TPSA) is 83.8 Å². The van der Waals surface area contributed by atoms with E-state index in [4.69, 9.17) is 4.74 Å². The maximum absolute atomic E-state index is 12.4. The van der Waals surface area contributed by atoms with Crippen LogP contribution in [-0.2, 0) is 20.7 Å². The first-order valence-electron chi connectivity index (χ1n) is 15.6. The summed E-state index contributed by atoms with van der Waals surface area (Å²) in [4.78, 5) is 23.7. The Morgan fingerprint density at radius 1 is 1.03 bits per heavy atom. The van der Waals surface area contributed by atoms with E-state index in [0.717, 1.165) is 64.2 Å². The third kappa shape index (κ3) is 5.42. The lowest BCUT2D eigenvalue weighted by molar-refractivity contribution is -0.203. The Bertz CT molecular complexity index is 1040. The third-order valence-corrected chi connectivity index (χ3v) is 12.4. The summed E-state index contributed by atoms with van der Waals surface area (Å²) in [6.07, 6.45) is 10.7. The zero-order valence-electron chi connectivity index (χ0n) is 24.5. The fraction of sp³-hybridized carbons (Fsp3) is 0.765. The van der Waals surface area contributed by atoms with Gasteiger partial charge in [-0.05, 0) is 117 Å². The summed E-state index contributed by atoms with van der Waals surface area (Å²) in [6, 6.07) is 10.5. The Labute approximate surface area is 235 Å². The lowest BCUT2D eigenvalue weighted by Gasteiger charge is -2.63. The molecule has 10 atom stereocenters. The minimum Gasteiger partial charge on any atom is -0.481 e. The number of esters is 1. The van der Waals surface area contributed by atoms with Crippen molar-refractivity contribution >= 4 is 11.9 Å². The summed E-state index contributed by atoms with van der Waals surface area (Å²) in [6.45, 7) is 8.76. The summed E-state index contributed by atoms with van der Waals surface area (Å²) in [5, 5.41) is 21.1. The van der Waals surface area contributed by atoms with Gasteiger partial charge >= 0.3 is 11.9 Å². The summed E-state index contributed by atoms with van der Waals surface area (Å²) in [7, 11) is 0. The number of benzene rings is 1. The number of fused-ring (bicyclic) bond motifs is 5. The van der Waals surface area contributed by atoms with Crippen molar-refractivity contribution in [3.8, 4) is 0 Å². The van der Waals surface area contributed by atoms with E-state index < -0.39 is 11.6 Å². The summed E-state index contributed by atoms with van der Waals surface area (Å²) in [5.41, 5.74) is 0.954. The van der Waals surface area contributed by atoms with Gasteiger partial charge in [-0.25, -0.2) is 0 Å². The highest BCUT2D eigenvalue weighted by atomic mass is 16.5. The van der Waals surface area contributed by atoms with E-state index in [0.29, 0.717) is 35.5 Å². The molecule has 1 aromatic rings. The lowest BCUT2D eigenvalue weighted by atomic mass is 9.42. The fourth-order valence-corrected chi connectivity index (χ4v) is 10.4. The van der Waals surface area contributed by atoms with Gasteiger partial charge in [0.25, 0.3) is 0 Å². The minimum absolute atomic E-state index is 0.0836. The van der Waals surface area contributed by atoms with E-state index in [-0.39, 0.29) is 29.3 Å². The Balaban J connectivity index is 1.36. The molecule has 4 aliphatic carbocycles. The molecule has 4 saturated carbocycles. The molecular weight excluding hydrogens is 488 g/mol. The summed E-state index contributed by atoms with van der Waals surface area (Å²) < 4.78 is 6.18. The first-order valence-corrected chi connectivity index (χ1v) is 15.6. The highest BCUT2D eigenvalue weighted by Gasteiger charge is 2.64. The molecule has 0 unspecified atom stereocenters. The van der Waals surface area contributed by atoms with Crippen LogP contribution in [0.2, 0.25) is 0 Å². The van der Waals surface area contributed by atoms with Gasteiger partial charge in [0, 0.05) is 19.3 Å². The average Bonchev–Trinajstić information content (AvgIpc) is 3.25. The molecule has 216 valence electrons. The number of carboxylic acids is 1. The molecule has 0 amide bonds. The Morgan fingerprint density at radius 3 is 2.44 bits per heavy atom. The van der Waals surface area contributed by atoms with Crippen molar-refractivity contribution in [2.45, 2.75) is 116 Å². The van der Waals surface area contributed by atoms with Crippen LogP contribution in [0.25, 0.3) is 0 Å². The van der Waals surface area contributed by atoms with Crippen LogP contribution >= 0.6 is 0 Å². The highest BCUT2D eigenvalue weighted by molar-refractivity contribution is 5.66. The van der Waals surface area contributed by atoms with Crippen LogP contribution in [0.3, 0.4) is 0 Å². The second-order valence-corrected chi connectivity index (χ2v) is 14.4. The van der Waals surface area contributed by atoms with Crippen LogP contribution in [0.1, 0.15) is 104 Å². The van der Waals surface area contributed by atoms with Crippen LogP contribution in [0.15, 0.2) is 30.3 Å². The second-order valence-electron chi connectivity index (χ2n) is 14.4. The number of hydrogen-bond donors (Lipinski definition) is 2. The molecule has 0 aromatic heterocycles. The van der Waals surface area contributed by atoms with Crippen LogP contribution in [0.5, 0.6) is 0 Å². The van der Waals surface area contributed by atoms with Crippen LogP contribution in [-0.4, -0.2) is 33.9 Å². The molecule has 1 aromatic carbocycles. The zero-order chi connectivity index (χ0) is 28.0. The quantitative estimate of drug-likeness (QED) is 0.347. The van der Waals surface area contributed by atoms with E-state index in [1.165, 1.54) is 12.0 Å². The molecule has 5 nitrogen and oxygen atoms in total. The number of carbonyl (C=O) groups excluding carboxylic acids is 1. The SMILES string of the molecule is CC(=O)O[C@@H]1C[C@@H]2C[C@@](O)(CCc3ccccc3)CC[C@]2(C)[C@H]2CC[C@]3(C)[C@@H]([C@H](C)CCC(=O)O)CC[C@H]3[C@H]12. The van der Waals surface area contributed by atoms with Crippen molar-refractivity contribution in [3.63, 3.8) is 0 Å². The summed E-state index contributed by atoms with van der Waals surface area (Å²) >= 11 is 0.